The van der Waals surface area contributed by atoms with Crippen molar-refractivity contribution in [3.63, 3.8) is 0 Å². The molecule has 0 spiro atoms. The summed E-state index contributed by atoms with van der Waals surface area (Å²) in [6.45, 7) is 2.28. The lowest BCUT2D eigenvalue weighted by Gasteiger charge is -2.16. The van der Waals surface area contributed by atoms with Crippen LogP contribution in [-0.2, 0) is 10.2 Å². The van der Waals surface area contributed by atoms with Crippen molar-refractivity contribution >= 4 is 17.5 Å². The molecule has 1 aliphatic carbocycles. The lowest BCUT2D eigenvalue weighted by Crippen LogP contribution is -2.35. The van der Waals surface area contributed by atoms with Crippen LogP contribution >= 0.6 is 11.6 Å². The molecule has 1 amide bonds. The fraction of sp³-hybridized carbons (Fsp3) is 0.375. The Hall–Kier alpha value is -2.01. The fourth-order valence-corrected chi connectivity index (χ4v) is 2.60. The molecule has 0 bridgehead atoms. The number of benzene rings is 1. The van der Waals surface area contributed by atoms with Gasteiger partial charge in [-0.3, -0.25) is 4.79 Å². The third-order valence-electron chi connectivity index (χ3n) is 3.87. The van der Waals surface area contributed by atoms with Gasteiger partial charge in [0.2, 0.25) is 0 Å². The number of hydrogen-bond acceptors (Lipinski definition) is 4. The van der Waals surface area contributed by atoms with E-state index >= 15 is 0 Å². The van der Waals surface area contributed by atoms with E-state index in [1.54, 1.807) is 13.0 Å². The Morgan fingerprint density at radius 2 is 2.27 bits per heavy atom. The van der Waals surface area contributed by atoms with Crippen molar-refractivity contribution in [2.24, 2.45) is 0 Å². The number of ether oxygens (including phenoxy) is 1. The van der Waals surface area contributed by atoms with E-state index < -0.39 is 0 Å². The quantitative estimate of drug-likeness (QED) is 0.889. The van der Waals surface area contributed by atoms with E-state index in [1.165, 1.54) is 5.56 Å². The Balaban J connectivity index is 1.50. The van der Waals surface area contributed by atoms with Crippen LogP contribution in [0.2, 0.25) is 5.02 Å². The van der Waals surface area contributed by atoms with Crippen molar-refractivity contribution in [3.8, 4) is 5.88 Å². The molecule has 1 aliphatic rings. The van der Waals surface area contributed by atoms with Gasteiger partial charge in [-0.2, -0.15) is 0 Å². The molecular weight excluding hydrogens is 304 g/mol. The molecule has 6 heteroatoms. The molecule has 0 radical (unpaired) electrons. The van der Waals surface area contributed by atoms with Crippen molar-refractivity contribution in [1.82, 2.24) is 10.5 Å². The molecule has 3 rings (SSSR count). The lowest BCUT2D eigenvalue weighted by atomic mass is 9.96. The maximum Gasteiger partial charge on any atom is 0.258 e. The first kappa shape index (κ1) is 14.9. The number of nitrogens with zero attached hydrogens (tertiary/aromatic N) is 1. The highest BCUT2D eigenvalue weighted by molar-refractivity contribution is 6.30. The molecule has 0 aliphatic heterocycles. The third-order valence-corrected chi connectivity index (χ3v) is 4.11. The molecule has 1 fully saturated rings. The van der Waals surface area contributed by atoms with Gasteiger partial charge in [-0.15, -0.1) is 0 Å². The molecule has 22 heavy (non-hydrogen) atoms. The normalized spacial score (nSPS) is 15.4. The molecule has 116 valence electrons. The predicted octanol–water partition coefficient (Wildman–Crippen LogP) is 2.86. The number of aryl methyl sites for hydroxylation is 1. The van der Waals surface area contributed by atoms with Gasteiger partial charge in [0.25, 0.3) is 11.8 Å². The lowest BCUT2D eigenvalue weighted by molar-refractivity contribution is -0.123. The zero-order chi connectivity index (χ0) is 15.6. The van der Waals surface area contributed by atoms with Gasteiger partial charge >= 0.3 is 0 Å². The van der Waals surface area contributed by atoms with E-state index in [0.717, 1.165) is 17.9 Å². The van der Waals surface area contributed by atoms with Crippen LogP contribution in [-0.4, -0.2) is 24.2 Å². The average molecular weight is 321 g/mol. The Morgan fingerprint density at radius 1 is 1.45 bits per heavy atom. The van der Waals surface area contributed by atoms with Crippen molar-refractivity contribution in [2.45, 2.75) is 25.2 Å². The minimum Gasteiger partial charge on any atom is -0.465 e. The summed E-state index contributed by atoms with van der Waals surface area (Å²) >= 11 is 6.04. The number of amides is 1. The Labute approximate surface area is 133 Å². The van der Waals surface area contributed by atoms with Crippen molar-refractivity contribution in [2.75, 3.05) is 13.2 Å². The van der Waals surface area contributed by atoms with Crippen LogP contribution in [0.5, 0.6) is 5.88 Å². The van der Waals surface area contributed by atoms with Gasteiger partial charge in [-0.1, -0.05) is 23.7 Å². The first-order chi connectivity index (χ1) is 10.6. The number of hydrogen-bond donors (Lipinski definition) is 1. The van der Waals surface area contributed by atoms with Gasteiger partial charge in [0.1, 0.15) is 5.76 Å². The second-order valence-electron chi connectivity index (χ2n) is 5.63. The molecule has 1 saturated carbocycles. The van der Waals surface area contributed by atoms with Gasteiger partial charge in [0, 0.05) is 23.0 Å². The van der Waals surface area contributed by atoms with Gasteiger partial charge in [0.05, 0.1) is 0 Å². The number of aromatic nitrogens is 1. The number of halogens is 1. The van der Waals surface area contributed by atoms with Crippen LogP contribution in [0.4, 0.5) is 0 Å². The summed E-state index contributed by atoms with van der Waals surface area (Å²) in [6, 6.07) is 9.46. The zero-order valence-electron chi connectivity index (χ0n) is 12.3. The summed E-state index contributed by atoms with van der Waals surface area (Å²) in [4.78, 5) is 11.9. The van der Waals surface area contributed by atoms with E-state index in [4.69, 9.17) is 20.9 Å². The molecule has 0 atom stereocenters. The summed E-state index contributed by atoms with van der Waals surface area (Å²) < 4.78 is 10.1. The standard InChI is InChI=1S/C16H17ClN2O3/c1-11-7-15(19-22-11)21-9-14(20)18-10-16(5-6-16)12-3-2-4-13(17)8-12/h2-4,7-8H,5-6,9-10H2,1H3,(H,18,20). The predicted molar refractivity (Wildman–Crippen MR) is 82.1 cm³/mol. The fourth-order valence-electron chi connectivity index (χ4n) is 2.41. The van der Waals surface area contributed by atoms with Gasteiger partial charge in [0.15, 0.2) is 6.61 Å². The highest BCUT2D eigenvalue weighted by Gasteiger charge is 2.44. The van der Waals surface area contributed by atoms with Gasteiger partial charge < -0.3 is 14.6 Å². The van der Waals surface area contributed by atoms with E-state index in [0.29, 0.717) is 18.2 Å². The highest BCUT2D eigenvalue weighted by atomic mass is 35.5. The number of carbonyl (C=O) groups is 1. The third kappa shape index (κ3) is 3.42. The van der Waals surface area contributed by atoms with Crippen molar-refractivity contribution < 1.29 is 14.1 Å². The number of carbonyl (C=O) groups excluding carboxylic acids is 1. The van der Waals surface area contributed by atoms with Crippen molar-refractivity contribution in [3.05, 3.63) is 46.7 Å². The maximum absolute atomic E-state index is 11.9. The SMILES string of the molecule is Cc1cc(OCC(=O)NCC2(c3cccc(Cl)c3)CC2)no1. The van der Waals surface area contributed by atoms with Crippen LogP contribution in [0.3, 0.4) is 0 Å². The average Bonchev–Trinajstić information content (AvgIpc) is 3.19. The van der Waals surface area contributed by atoms with Crippen LogP contribution in [0.1, 0.15) is 24.2 Å². The summed E-state index contributed by atoms with van der Waals surface area (Å²) in [5.41, 5.74) is 1.19. The molecule has 1 aromatic heterocycles. The number of nitrogens with one attached hydrogen (secondary N) is 1. The Morgan fingerprint density at radius 3 is 2.91 bits per heavy atom. The number of rotatable bonds is 6. The Kier molecular flexibility index (Phi) is 4.07. The molecule has 1 N–H and O–H groups in total. The Bertz CT molecular complexity index is 680. The monoisotopic (exact) mass is 320 g/mol. The van der Waals surface area contributed by atoms with Crippen molar-refractivity contribution in [1.29, 1.82) is 0 Å². The summed E-state index contributed by atoms with van der Waals surface area (Å²) in [5, 5.41) is 7.31. The van der Waals surface area contributed by atoms with Gasteiger partial charge in [-0.05, 0) is 42.6 Å². The molecule has 0 unspecified atom stereocenters. The molecule has 1 aromatic carbocycles. The first-order valence-electron chi connectivity index (χ1n) is 7.16. The van der Waals surface area contributed by atoms with Gasteiger partial charge in [-0.25, -0.2) is 0 Å². The molecule has 2 aromatic rings. The van der Waals surface area contributed by atoms with E-state index in [2.05, 4.69) is 16.5 Å². The van der Waals surface area contributed by atoms with E-state index in [9.17, 15) is 4.79 Å². The smallest absolute Gasteiger partial charge is 0.258 e. The summed E-state index contributed by atoms with van der Waals surface area (Å²) in [7, 11) is 0. The molecule has 1 heterocycles. The van der Waals surface area contributed by atoms with E-state index in [1.807, 2.05) is 18.2 Å². The van der Waals surface area contributed by atoms with Crippen LogP contribution < -0.4 is 10.1 Å². The minimum absolute atomic E-state index is 0.0189. The van der Waals surface area contributed by atoms with Crippen LogP contribution in [0.25, 0.3) is 0 Å². The first-order valence-corrected chi connectivity index (χ1v) is 7.54. The molecule has 5 nitrogen and oxygen atoms in total. The highest BCUT2D eigenvalue weighted by Crippen LogP contribution is 2.48. The largest absolute Gasteiger partial charge is 0.465 e. The van der Waals surface area contributed by atoms with Crippen LogP contribution in [0.15, 0.2) is 34.9 Å². The zero-order valence-corrected chi connectivity index (χ0v) is 13.0. The summed E-state index contributed by atoms with van der Waals surface area (Å²) in [5.74, 6) is 0.797. The molecular formula is C16H17ClN2O3. The van der Waals surface area contributed by atoms with Crippen LogP contribution in [0, 0.1) is 6.92 Å². The minimum atomic E-state index is -0.172. The second kappa shape index (κ2) is 6.01. The van der Waals surface area contributed by atoms with E-state index in [-0.39, 0.29) is 17.9 Å². The summed E-state index contributed by atoms with van der Waals surface area (Å²) in [6.07, 6.45) is 2.11. The maximum atomic E-state index is 11.9. The molecule has 0 saturated heterocycles. The topological polar surface area (TPSA) is 64.4 Å². The second-order valence-corrected chi connectivity index (χ2v) is 6.07.